The van der Waals surface area contributed by atoms with Crippen LogP contribution in [0, 0.1) is 5.92 Å². The summed E-state index contributed by atoms with van der Waals surface area (Å²) in [5, 5.41) is 13.4. The van der Waals surface area contributed by atoms with Crippen LogP contribution in [0.25, 0.3) is 0 Å². The topological polar surface area (TPSA) is 109 Å². The van der Waals surface area contributed by atoms with Crippen LogP contribution in [0.4, 0.5) is 0 Å². The molecular weight excluding hydrogens is 328 g/mol. The van der Waals surface area contributed by atoms with E-state index >= 15 is 0 Å². The normalized spacial score (nSPS) is 23.5. The van der Waals surface area contributed by atoms with Gasteiger partial charge in [0.25, 0.3) is 0 Å². The number of hydrogen-bond donors (Lipinski definition) is 1. The third-order valence-electron chi connectivity index (χ3n) is 5.49. The molecule has 0 aliphatic carbocycles. The second kappa shape index (κ2) is 7.09. The standard InChI is InChI=1S/C16H24N4O5/c1-19-14(21)9-11(15(22)23)16(19)4-6-20(7-5-16)10-13-17-12(18-25-13)3-8-24-2/h11H,3-10H2,1-2H3,(H,22,23)/t11-/m1/s1. The molecule has 138 valence electrons. The van der Waals surface area contributed by atoms with Gasteiger partial charge in [0.05, 0.1) is 24.6 Å². The Kier molecular flexibility index (Phi) is 5.05. The first-order valence-electron chi connectivity index (χ1n) is 8.48. The van der Waals surface area contributed by atoms with E-state index < -0.39 is 17.4 Å². The minimum Gasteiger partial charge on any atom is -0.481 e. The number of ether oxygens (including phenoxy) is 1. The second-order valence-corrected chi connectivity index (χ2v) is 6.77. The quantitative estimate of drug-likeness (QED) is 0.771. The zero-order valence-electron chi connectivity index (χ0n) is 14.6. The largest absolute Gasteiger partial charge is 0.481 e. The highest BCUT2D eigenvalue weighted by atomic mass is 16.5. The molecule has 0 radical (unpaired) electrons. The molecule has 2 fully saturated rings. The molecule has 0 saturated carbocycles. The lowest BCUT2D eigenvalue weighted by Crippen LogP contribution is -2.55. The number of aliphatic carboxylic acids is 1. The van der Waals surface area contributed by atoms with Crippen LogP contribution in [0.3, 0.4) is 0 Å². The lowest BCUT2D eigenvalue weighted by atomic mass is 9.77. The summed E-state index contributed by atoms with van der Waals surface area (Å²) in [6.45, 7) is 2.46. The lowest BCUT2D eigenvalue weighted by molar-refractivity contribution is -0.146. The number of hydrogen-bond acceptors (Lipinski definition) is 7. The molecule has 0 aromatic carbocycles. The highest BCUT2D eigenvalue weighted by Crippen LogP contribution is 2.42. The molecule has 1 atom stereocenters. The fourth-order valence-corrected chi connectivity index (χ4v) is 3.92. The number of nitrogens with zero attached hydrogens (tertiary/aromatic N) is 4. The van der Waals surface area contributed by atoms with Crippen molar-refractivity contribution in [2.45, 2.75) is 37.8 Å². The van der Waals surface area contributed by atoms with Gasteiger partial charge in [-0.2, -0.15) is 4.98 Å². The van der Waals surface area contributed by atoms with Crippen LogP contribution in [-0.2, 0) is 27.3 Å². The summed E-state index contributed by atoms with van der Waals surface area (Å²) in [4.78, 5) is 31.8. The number of methoxy groups -OCH3 is 1. The summed E-state index contributed by atoms with van der Waals surface area (Å²) in [5.74, 6) is -0.423. The molecule has 9 heteroatoms. The predicted molar refractivity (Wildman–Crippen MR) is 85.6 cm³/mol. The molecule has 2 aliphatic heterocycles. The van der Waals surface area contributed by atoms with E-state index in [1.54, 1.807) is 19.1 Å². The number of likely N-dealkylation sites (tertiary alicyclic amines) is 2. The van der Waals surface area contributed by atoms with Gasteiger partial charge < -0.3 is 19.3 Å². The third kappa shape index (κ3) is 3.38. The number of piperidine rings is 1. The minimum atomic E-state index is -0.883. The van der Waals surface area contributed by atoms with Crippen molar-refractivity contribution in [1.29, 1.82) is 0 Å². The summed E-state index contributed by atoms with van der Waals surface area (Å²) < 4.78 is 10.3. The highest BCUT2D eigenvalue weighted by molar-refractivity contribution is 5.88. The molecule has 2 saturated heterocycles. The number of amides is 1. The van der Waals surface area contributed by atoms with Crippen LogP contribution >= 0.6 is 0 Å². The van der Waals surface area contributed by atoms with Gasteiger partial charge in [-0.3, -0.25) is 14.5 Å². The number of carboxylic acids is 1. The average Bonchev–Trinajstić information content (AvgIpc) is 3.13. The predicted octanol–water partition coefficient (Wildman–Crippen LogP) is 0.156. The number of carbonyl (C=O) groups excluding carboxylic acids is 1. The zero-order chi connectivity index (χ0) is 18.0. The zero-order valence-corrected chi connectivity index (χ0v) is 14.6. The average molecular weight is 352 g/mol. The van der Waals surface area contributed by atoms with E-state index in [-0.39, 0.29) is 12.3 Å². The van der Waals surface area contributed by atoms with E-state index in [4.69, 9.17) is 9.26 Å². The maximum atomic E-state index is 12.0. The van der Waals surface area contributed by atoms with Gasteiger partial charge >= 0.3 is 5.97 Å². The molecular formula is C16H24N4O5. The molecule has 3 rings (SSSR count). The Bertz CT molecular complexity index is 638. The number of carbonyl (C=O) groups is 2. The third-order valence-corrected chi connectivity index (χ3v) is 5.49. The van der Waals surface area contributed by atoms with Crippen molar-refractivity contribution < 1.29 is 24.0 Å². The van der Waals surface area contributed by atoms with E-state index in [1.807, 2.05) is 0 Å². The van der Waals surface area contributed by atoms with Crippen LogP contribution in [0.2, 0.25) is 0 Å². The molecule has 2 aliphatic rings. The molecule has 9 nitrogen and oxygen atoms in total. The van der Waals surface area contributed by atoms with Gasteiger partial charge in [-0.15, -0.1) is 0 Å². The highest BCUT2D eigenvalue weighted by Gasteiger charge is 2.55. The van der Waals surface area contributed by atoms with Crippen molar-refractivity contribution in [3.63, 3.8) is 0 Å². The molecule has 0 unspecified atom stereocenters. The van der Waals surface area contributed by atoms with Crippen molar-refractivity contribution in [3.8, 4) is 0 Å². The summed E-state index contributed by atoms with van der Waals surface area (Å²) in [7, 11) is 3.35. The van der Waals surface area contributed by atoms with Gasteiger partial charge in [0.2, 0.25) is 11.8 Å². The van der Waals surface area contributed by atoms with Gasteiger partial charge in [-0.25, -0.2) is 0 Å². The van der Waals surface area contributed by atoms with E-state index in [0.29, 0.717) is 57.2 Å². The van der Waals surface area contributed by atoms with Crippen molar-refractivity contribution in [1.82, 2.24) is 19.9 Å². The summed E-state index contributed by atoms with van der Waals surface area (Å²) in [6, 6.07) is 0. The Balaban J connectivity index is 1.60. The molecule has 0 bridgehead atoms. The first-order chi connectivity index (χ1) is 12.0. The van der Waals surface area contributed by atoms with Crippen LogP contribution in [0.5, 0.6) is 0 Å². The SMILES string of the molecule is COCCc1noc(CN2CCC3(CC2)[C@@H](C(=O)O)CC(=O)N3C)n1. The van der Waals surface area contributed by atoms with Crippen molar-refractivity contribution in [2.24, 2.45) is 5.92 Å². The summed E-state index contributed by atoms with van der Waals surface area (Å²) in [5.41, 5.74) is -0.572. The van der Waals surface area contributed by atoms with Gasteiger partial charge in [0.1, 0.15) is 0 Å². The number of aromatic nitrogens is 2. The summed E-state index contributed by atoms with van der Waals surface area (Å²) >= 11 is 0. The Morgan fingerprint density at radius 1 is 1.44 bits per heavy atom. The molecule has 1 spiro atoms. The molecule has 1 N–H and O–H groups in total. The Morgan fingerprint density at radius 3 is 2.80 bits per heavy atom. The Hall–Kier alpha value is -2.00. The fourth-order valence-electron chi connectivity index (χ4n) is 3.92. The molecule has 1 amide bonds. The van der Waals surface area contributed by atoms with Gasteiger partial charge in [0, 0.05) is 40.1 Å². The monoisotopic (exact) mass is 352 g/mol. The van der Waals surface area contributed by atoms with Crippen LogP contribution < -0.4 is 0 Å². The smallest absolute Gasteiger partial charge is 0.309 e. The maximum absolute atomic E-state index is 12.0. The fraction of sp³-hybridized carbons (Fsp3) is 0.750. The maximum Gasteiger partial charge on any atom is 0.309 e. The van der Waals surface area contributed by atoms with Crippen molar-refractivity contribution >= 4 is 11.9 Å². The van der Waals surface area contributed by atoms with E-state index in [1.165, 1.54) is 0 Å². The Labute approximate surface area is 145 Å². The lowest BCUT2D eigenvalue weighted by Gasteiger charge is -2.45. The van der Waals surface area contributed by atoms with Crippen LogP contribution in [-0.4, -0.2) is 76.3 Å². The molecule has 3 heterocycles. The summed E-state index contributed by atoms with van der Waals surface area (Å²) in [6.07, 6.45) is 1.97. The first-order valence-corrected chi connectivity index (χ1v) is 8.48. The molecule has 1 aromatic rings. The molecule has 1 aromatic heterocycles. The molecule has 25 heavy (non-hydrogen) atoms. The van der Waals surface area contributed by atoms with Gasteiger partial charge in [-0.05, 0) is 12.8 Å². The van der Waals surface area contributed by atoms with E-state index in [9.17, 15) is 14.7 Å². The Morgan fingerprint density at radius 2 is 2.16 bits per heavy atom. The van der Waals surface area contributed by atoms with Crippen LogP contribution in [0.15, 0.2) is 4.52 Å². The number of carboxylic acid groups (broad SMARTS) is 1. The van der Waals surface area contributed by atoms with E-state index in [2.05, 4.69) is 15.0 Å². The first kappa shape index (κ1) is 17.8. The minimum absolute atomic E-state index is 0.0828. The van der Waals surface area contributed by atoms with Crippen LogP contribution in [0.1, 0.15) is 31.0 Å². The van der Waals surface area contributed by atoms with Gasteiger partial charge in [-0.1, -0.05) is 5.16 Å². The van der Waals surface area contributed by atoms with Crippen molar-refractivity contribution in [3.05, 3.63) is 11.7 Å². The number of rotatable bonds is 6. The van der Waals surface area contributed by atoms with Gasteiger partial charge in [0.15, 0.2) is 5.82 Å². The van der Waals surface area contributed by atoms with Crippen molar-refractivity contribution in [2.75, 3.05) is 33.9 Å². The van der Waals surface area contributed by atoms with E-state index in [0.717, 1.165) is 0 Å². The second-order valence-electron chi connectivity index (χ2n) is 6.77.